The van der Waals surface area contributed by atoms with Gasteiger partial charge in [-0.3, -0.25) is 9.59 Å². The van der Waals surface area contributed by atoms with E-state index in [-0.39, 0.29) is 29.1 Å². The highest BCUT2D eigenvalue weighted by atomic mass is 19.4. The van der Waals surface area contributed by atoms with Gasteiger partial charge in [0.15, 0.2) is 0 Å². The molecule has 184 valence electrons. The molecule has 3 fully saturated rings. The highest BCUT2D eigenvalue weighted by Gasteiger charge is 2.69. The SMILES string of the molecule is O=C(NCCCCN1CCCC1)[C@H]1[C@H](C(=O)Nc2ccc(C(F)(F)F)cc2)[C@@H]2C=C[C@H]1C21CC1. The number of carbonyl (C=O) groups is 2. The van der Waals surface area contributed by atoms with E-state index in [0.717, 1.165) is 44.4 Å². The molecule has 1 aromatic carbocycles. The Kier molecular flexibility index (Phi) is 6.21. The first-order chi connectivity index (χ1) is 16.3. The van der Waals surface area contributed by atoms with Crippen LogP contribution < -0.4 is 10.6 Å². The number of amides is 2. The lowest BCUT2D eigenvalue weighted by atomic mass is 9.81. The minimum Gasteiger partial charge on any atom is -0.356 e. The van der Waals surface area contributed by atoms with Crippen molar-refractivity contribution in [3.8, 4) is 0 Å². The number of alkyl halides is 3. The zero-order valence-electron chi connectivity index (χ0n) is 19.2. The van der Waals surface area contributed by atoms with Gasteiger partial charge in [0.05, 0.1) is 17.4 Å². The van der Waals surface area contributed by atoms with Crippen molar-refractivity contribution in [3.05, 3.63) is 42.0 Å². The van der Waals surface area contributed by atoms with Crippen molar-refractivity contribution in [2.24, 2.45) is 29.1 Å². The molecule has 2 bridgehead atoms. The van der Waals surface area contributed by atoms with Crippen LogP contribution in [0.2, 0.25) is 0 Å². The number of likely N-dealkylation sites (tertiary alicyclic amines) is 1. The Morgan fingerprint density at radius 3 is 2.15 bits per heavy atom. The molecule has 1 aromatic rings. The van der Waals surface area contributed by atoms with Crippen LogP contribution in [0.1, 0.15) is 44.1 Å². The molecule has 1 aliphatic heterocycles. The van der Waals surface area contributed by atoms with Gasteiger partial charge in [0.25, 0.3) is 0 Å². The molecule has 0 aromatic heterocycles. The molecular weight excluding hydrogens is 443 g/mol. The highest BCUT2D eigenvalue weighted by Crippen LogP contribution is 2.72. The number of hydrogen-bond acceptors (Lipinski definition) is 3. The molecule has 4 atom stereocenters. The number of rotatable bonds is 8. The van der Waals surface area contributed by atoms with Crippen LogP contribution in [-0.4, -0.2) is 42.9 Å². The summed E-state index contributed by atoms with van der Waals surface area (Å²) < 4.78 is 38.5. The average molecular weight is 476 g/mol. The molecule has 0 radical (unpaired) electrons. The van der Waals surface area contributed by atoms with Crippen LogP contribution in [0.3, 0.4) is 0 Å². The summed E-state index contributed by atoms with van der Waals surface area (Å²) in [5.74, 6) is -1.20. The van der Waals surface area contributed by atoms with Crippen LogP contribution in [0.4, 0.5) is 18.9 Å². The van der Waals surface area contributed by atoms with Crippen molar-refractivity contribution in [1.29, 1.82) is 0 Å². The lowest BCUT2D eigenvalue weighted by Gasteiger charge is -2.26. The van der Waals surface area contributed by atoms with Crippen LogP contribution >= 0.6 is 0 Å². The molecule has 1 spiro atoms. The van der Waals surface area contributed by atoms with Crippen molar-refractivity contribution >= 4 is 17.5 Å². The molecule has 1 heterocycles. The van der Waals surface area contributed by atoms with Crippen LogP contribution in [0.25, 0.3) is 0 Å². The van der Waals surface area contributed by atoms with Crippen molar-refractivity contribution in [2.45, 2.75) is 44.7 Å². The second-order valence-corrected chi connectivity index (χ2v) is 10.3. The maximum Gasteiger partial charge on any atom is 0.416 e. The second-order valence-electron chi connectivity index (χ2n) is 10.3. The third-order valence-electron chi connectivity index (χ3n) is 8.33. The van der Waals surface area contributed by atoms with Gasteiger partial charge in [-0.2, -0.15) is 13.2 Å². The quantitative estimate of drug-likeness (QED) is 0.431. The number of halogens is 3. The molecule has 2 amide bonds. The van der Waals surface area contributed by atoms with Gasteiger partial charge in [-0.05, 0) is 99.7 Å². The first kappa shape index (κ1) is 23.4. The zero-order chi connectivity index (χ0) is 23.9. The van der Waals surface area contributed by atoms with Crippen LogP contribution in [0.5, 0.6) is 0 Å². The molecule has 5 nitrogen and oxygen atoms in total. The minimum absolute atomic E-state index is 0.0119. The van der Waals surface area contributed by atoms with Gasteiger partial charge in [0, 0.05) is 12.2 Å². The number of allylic oxidation sites excluding steroid dienone is 2. The van der Waals surface area contributed by atoms with E-state index in [0.29, 0.717) is 12.2 Å². The summed E-state index contributed by atoms with van der Waals surface area (Å²) in [6, 6.07) is 4.47. The summed E-state index contributed by atoms with van der Waals surface area (Å²) in [5, 5.41) is 5.86. The molecule has 8 heteroatoms. The molecule has 5 rings (SSSR count). The first-order valence-electron chi connectivity index (χ1n) is 12.5. The Labute approximate surface area is 198 Å². The number of unbranched alkanes of at least 4 members (excludes halogenated alkanes) is 1. The topological polar surface area (TPSA) is 61.4 Å². The standard InChI is InChI=1S/C26H32F3N3O2/c27-26(28,29)17-5-7-18(8-6-17)31-24(34)22-20-10-9-19(25(20)11-12-25)21(22)23(33)30-13-1-2-14-32-15-3-4-16-32/h5-10,19-22H,1-4,11-16H2,(H,30,33)(H,31,34)/t19-,20+,21-,22-/m1/s1. The molecule has 2 saturated carbocycles. The Bertz CT molecular complexity index is 949. The van der Waals surface area contributed by atoms with E-state index in [1.165, 1.54) is 38.1 Å². The van der Waals surface area contributed by atoms with Crippen LogP contribution in [-0.2, 0) is 15.8 Å². The van der Waals surface area contributed by atoms with Crippen LogP contribution in [0, 0.1) is 29.1 Å². The average Bonchev–Trinajstić information content (AvgIpc) is 3.16. The summed E-state index contributed by atoms with van der Waals surface area (Å²) in [5.41, 5.74) is -0.428. The van der Waals surface area contributed by atoms with Crippen molar-refractivity contribution in [1.82, 2.24) is 10.2 Å². The summed E-state index contributed by atoms with van der Waals surface area (Å²) in [7, 11) is 0. The number of carbonyl (C=O) groups excluding carboxylic acids is 2. The smallest absolute Gasteiger partial charge is 0.356 e. The Balaban J connectivity index is 1.21. The number of hydrogen-bond donors (Lipinski definition) is 2. The first-order valence-corrected chi connectivity index (χ1v) is 12.5. The van der Waals surface area contributed by atoms with E-state index in [2.05, 4.69) is 27.7 Å². The fourth-order valence-corrected chi connectivity index (χ4v) is 6.47. The third kappa shape index (κ3) is 4.37. The van der Waals surface area contributed by atoms with Crippen molar-refractivity contribution in [2.75, 3.05) is 31.5 Å². The largest absolute Gasteiger partial charge is 0.416 e. The van der Waals surface area contributed by atoms with E-state index < -0.39 is 23.6 Å². The van der Waals surface area contributed by atoms with Gasteiger partial charge in [-0.15, -0.1) is 0 Å². The number of benzene rings is 1. The molecule has 2 N–H and O–H groups in total. The minimum atomic E-state index is -4.42. The lowest BCUT2D eigenvalue weighted by Crippen LogP contribution is -2.42. The van der Waals surface area contributed by atoms with Gasteiger partial charge in [-0.1, -0.05) is 12.2 Å². The summed E-state index contributed by atoms with van der Waals surface area (Å²) in [6.07, 6.45) is 6.28. The number of nitrogens with one attached hydrogen (secondary N) is 2. The normalized spacial score (nSPS) is 29.0. The van der Waals surface area contributed by atoms with Gasteiger partial charge in [-0.25, -0.2) is 0 Å². The van der Waals surface area contributed by atoms with E-state index in [1.807, 2.05) is 0 Å². The maximum absolute atomic E-state index is 13.3. The monoisotopic (exact) mass is 475 g/mol. The van der Waals surface area contributed by atoms with Crippen LogP contribution in [0.15, 0.2) is 36.4 Å². The Morgan fingerprint density at radius 2 is 1.56 bits per heavy atom. The number of nitrogens with zero attached hydrogens (tertiary/aromatic N) is 1. The second kappa shape index (κ2) is 9.02. The lowest BCUT2D eigenvalue weighted by molar-refractivity contribution is -0.137. The van der Waals surface area contributed by atoms with Crippen molar-refractivity contribution in [3.63, 3.8) is 0 Å². The molecule has 4 aliphatic rings. The molecule has 1 saturated heterocycles. The fourth-order valence-electron chi connectivity index (χ4n) is 6.47. The highest BCUT2D eigenvalue weighted by molar-refractivity contribution is 5.97. The summed E-state index contributed by atoms with van der Waals surface area (Å²) in [6.45, 7) is 4.00. The molecule has 3 aliphatic carbocycles. The Morgan fingerprint density at radius 1 is 0.941 bits per heavy atom. The van der Waals surface area contributed by atoms with E-state index in [1.54, 1.807) is 0 Å². The summed E-state index contributed by atoms with van der Waals surface area (Å²) >= 11 is 0. The van der Waals surface area contributed by atoms with Gasteiger partial charge < -0.3 is 15.5 Å². The molecule has 34 heavy (non-hydrogen) atoms. The number of anilines is 1. The Hall–Kier alpha value is -2.35. The zero-order valence-corrected chi connectivity index (χ0v) is 19.2. The maximum atomic E-state index is 13.3. The fraction of sp³-hybridized carbons (Fsp3) is 0.615. The third-order valence-corrected chi connectivity index (χ3v) is 8.33. The van der Waals surface area contributed by atoms with Gasteiger partial charge >= 0.3 is 6.18 Å². The van der Waals surface area contributed by atoms with E-state index >= 15 is 0 Å². The predicted molar refractivity (Wildman–Crippen MR) is 123 cm³/mol. The summed E-state index contributed by atoms with van der Waals surface area (Å²) in [4.78, 5) is 29.0. The van der Waals surface area contributed by atoms with Gasteiger partial charge in [0.1, 0.15) is 0 Å². The predicted octanol–water partition coefficient (Wildman–Crippen LogP) is 4.46. The van der Waals surface area contributed by atoms with E-state index in [9.17, 15) is 22.8 Å². The molecule has 0 unspecified atom stereocenters. The van der Waals surface area contributed by atoms with E-state index in [4.69, 9.17) is 0 Å². The van der Waals surface area contributed by atoms with Crippen molar-refractivity contribution < 1.29 is 22.8 Å². The molecular formula is C26H32F3N3O2. The van der Waals surface area contributed by atoms with Gasteiger partial charge in [0.2, 0.25) is 11.8 Å².